The van der Waals surface area contributed by atoms with Crippen molar-refractivity contribution in [3.05, 3.63) is 11.6 Å². The van der Waals surface area contributed by atoms with E-state index in [2.05, 4.69) is 26.7 Å². The van der Waals surface area contributed by atoms with Crippen molar-refractivity contribution in [2.75, 3.05) is 38.2 Å². The van der Waals surface area contributed by atoms with Gasteiger partial charge in [-0.1, -0.05) is 6.42 Å². The number of amides is 1. The maximum atomic E-state index is 12.2. The first-order valence-corrected chi connectivity index (χ1v) is 10.5. The molecule has 0 radical (unpaired) electrons. The highest BCUT2D eigenvalue weighted by molar-refractivity contribution is 7.99. The van der Waals surface area contributed by atoms with E-state index in [1.165, 1.54) is 32.4 Å². The number of nitrogens with zero attached hydrogens (tertiary/aromatic N) is 5. The maximum absolute atomic E-state index is 12.2. The molecule has 3 rings (SSSR count). The largest absolute Gasteiger partial charge is 0.341 e. The van der Waals surface area contributed by atoms with Crippen molar-refractivity contribution >= 4 is 17.7 Å². The van der Waals surface area contributed by atoms with E-state index in [0.717, 1.165) is 44.1 Å². The Morgan fingerprint density at radius 3 is 2.71 bits per heavy atom. The van der Waals surface area contributed by atoms with Gasteiger partial charge < -0.3 is 9.47 Å². The molecule has 3 heterocycles. The molecule has 7 heteroatoms. The zero-order valence-corrected chi connectivity index (χ0v) is 15.7. The van der Waals surface area contributed by atoms with Gasteiger partial charge in [-0.2, -0.15) is 11.8 Å². The minimum Gasteiger partial charge on any atom is -0.341 e. The molecule has 1 aromatic heterocycles. The summed E-state index contributed by atoms with van der Waals surface area (Å²) in [6, 6.07) is 0. The van der Waals surface area contributed by atoms with E-state index in [4.69, 9.17) is 0 Å². The molecule has 1 unspecified atom stereocenters. The summed E-state index contributed by atoms with van der Waals surface area (Å²) in [5.41, 5.74) is 0. The van der Waals surface area contributed by atoms with Gasteiger partial charge in [0.15, 0.2) is 0 Å². The topological polar surface area (TPSA) is 54.3 Å². The molecule has 6 nitrogen and oxygen atoms in total. The van der Waals surface area contributed by atoms with Crippen LogP contribution >= 0.6 is 11.8 Å². The Balaban J connectivity index is 1.64. The number of aromatic nitrogens is 3. The SMILES string of the molecule is CSCC(=O)N1CCCC(c2nnc(CN3CCCCC3)n2C)C1. The van der Waals surface area contributed by atoms with Gasteiger partial charge in [-0.25, -0.2) is 0 Å². The molecule has 0 saturated carbocycles. The number of thioether (sulfide) groups is 1. The lowest BCUT2D eigenvalue weighted by atomic mass is 9.97. The molecule has 1 aromatic rings. The summed E-state index contributed by atoms with van der Waals surface area (Å²) in [5.74, 6) is 3.24. The second-order valence-electron chi connectivity index (χ2n) is 6.98. The monoisotopic (exact) mass is 351 g/mol. The number of carbonyl (C=O) groups is 1. The Labute approximate surface area is 149 Å². The quantitative estimate of drug-likeness (QED) is 0.811. The van der Waals surface area contributed by atoms with E-state index in [0.29, 0.717) is 11.7 Å². The highest BCUT2D eigenvalue weighted by atomic mass is 32.2. The van der Waals surface area contributed by atoms with Crippen LogP contribution in [0.3, 0.4) is 0 Å². The average molecular weight is 352 g/mol. The summed E-state index contributed by atoms with van der Waals surface area (Å²) in [4.78, 5) is 16.7. The summed E-state index contributed by atoms with van der Waals surface area (Å²) in [6.45, 7) is 4.90. The van der Waals surface area contributed by atoms with E-state index in [1.54, 1.807) is 11.8 Å². The lowest BCUT2D eigenvalue weighted by Crippen LogP contribution is -2.40. The highest BCUT2D eigenvalue weighted by Crippen LogP contribution is 2.26. The molecule has 2 aliphatic heterocycles. The molecule has 2 aliphatic rings. The van der Waals surface area contributed by atoms with E-state index in [9.17, 15) is 4.79 Å². The molecule has 24 heavy (non-hydrogen) atoms. The minimum atomic E-state index is 0.253. The van der Waals surface area contributed by atoms with Gasteiger partial charge in [0, 0.05) is 26.1 Å². The first-order valence-electron chi connectivity index (χ1n) is 9.06. The summed E-state index contributed by atoms with van der Waals surface area (Å²) >= 11 is 1.60. The first kappa shape index (κ1) is 17.7. The zero-order chi connectivity index (χ0) is 16.9. The van der Waals surface area contributed by atoms with Crippen LogP contribution in [0.25, 0.3) is 0 Å². The predicted octanol–water partition coefficient (Wildman–Crippen LogP) is 1.87. The maximum Gasteiger partial charge on any atom is 0.232 e. The molecule has 0 spiro atoms. The number of piperidine rings is 2. The standard InChI is InChI=1S/C17H29N5OS/c1-20-15(12-21-8-4-3-5-9-21)18-19-17(20)14-7-6-10-22(11-14)16(23)13-24-2/h14H,3-13H2,1-2H3. The fraction of sp³-hybridized carbons (Fsp3) is 0.824. The van der Waals surface area contributed by atoms with E-state index < -0.39 is 0 Å². The van der Waals surface area contributed by atoms with Crippen LogP contribution in [0.4, 0.5) is 0 Å². The third-order valence-electron chi connectivity index (χ3n) is 5.22. The van der Waals surface area contributed by atoms with Crippen molar-refractivity contribution in [3.63, 3.8) is 0 Å². The van der Waals surface area contributed by atoms with Crippen LogP contribution < -0.4 is 0 Å². The van der Waals surface area contributed by atoms with Crippen LogP contribution in [0.15, 0.2) is 0 Å². The molecule has 0 aliphatic carbocycles. The normalized spacial score (nSPS) is 22.8. The lowest BCUT2D eigenvalue weighted by Gasteiger charge is -2.32. The Morgan fingerprint density at radius 1 is 1.17 bits per heavy atom. The van der Waals surface area contributed by atoms with Crippen LogP contribution in [0.5, 0.6) is 0 Å². The summed E-state index contributed by atoms with van der Waals surface area (Å²) < 4.78 is 2.17. The smallest absolute Gasteiger partial charge is 0.232 e. The van der Waals surface area contributed by atoms with E-state index >= 15 is 0 Å². The van der Waals surface area contributed by atoms with Crippen molar-refractivity contribution in [1.29, 1.82) is 0 Å². The Morgan fingerprint density at radius 2 is 1.96 bits per heavy atom. The molecule has 0 bridgehead atoms. The van der Waals surface area contributed by atoms with Crippen molar-refractivity contribution < 1.29 is 4.79 Å². The van der Waals surface area contributed by atoms with Crippen LogP contribution in [-0.4, -0.2) is 68.7 Å². The number of rotatable bonds is 5. The van der Waals surface area contributed by atoms with Gasteiger partial charge in [-0.15, -0.1) is 10.2 Å². The fourth-order valence-corrected chi connectivity index (χ4v) is 4.24. The summed E-state index contributed by atoms with van der Waals surface area (Å²) in [6.07, 6.45) is 8.06. The molecule has 1 amide bonds. The molecular formula is C17H29N5OS. The Kier molecular flexibility index (Phi) is 6.16. The number of carbonyl (C=O) groups excluding carboxylic acids is 1. The molecule has 0 N–H and O–H groups in total. The van der Waals surface area contributed by atoms with Crippen LogP contribution in [0, 0.1) is 0 Å². The Bertz CT molecular complexity index is 555. The van der Waals surface area contributed by atoms with Gasteiger partial charge in [0.25, 0.3) is 0 Å². The number of likely N-dealkylation sites (tertiary alicyclic amines) is 2. The molecule has 0 aromatic carbocycles. The summed E-state index contributed by atoms with van der Waals surface area (Å²) in [7, 11) is 2.08. The lowest BCUT2D eigenvalue weighted by molar-refractivity contribution is -0.129. The molecular weight excluding hydrogens is 322 g/mol. The Hall–Kier alpha value is -1.08. The van der Waals surface area contributed by atoms with Gasteiger partial charge in [0.2, 0.25) is 5.91 Å². The van der Waals surface area contributed by atoms with Crippen LogP contribution in [0.1, 0.15) is 49.7 Å². The van der Waals surface area contributed by atoms with E-state index in [-0.39, 0.29) is 5.91 Å². The highest BCUT2D eigenvalue weighted by Gasteiger charge is 2.28. The third-order valence-corrected chi connectivity index (χ3v) is 5.76. The molecule has 1 atom stereocenters. The minimum absolute atomic E-state index is 0.253. The van der Waals surface area contributed by atoms with Crippen LogP contribution in [-0.2, 0) is 18.4 Å². The second-order valence-corrected chi connectivity index (χ2v) is 7.85. The van der Waals surface area contributed by atoms with Crippen molar-refractivity contribution in [2.24, 2.45) is 7.05 Å². The van der Waals surface area contributed by atoms with Crippen LogP contribution in [0.2, 0.25) is 0 Å². The van der Waals surface area contributed by atoms with Crippen molar-refractivity contribution in [1.82, 2.24) is 24.6 Å². The van der Waals surface area contributed by atoms with Crippen molar-refractivity contribution in [2.45, 2.75) is 44.6 Å². The second kappa shape index (κ2) is 8.34. The summed E-state index contributed by atoms with van der Waals surface area (Å²) in [5, 5.41) is 8.94. The van der Waals surface area contributed by atoms with Gasteiger partial charge in [-0.3, -0.25) is 9.69 Å². The van der Waals surface area contributed by atoms with Gasteiger partial charge in [-0.05, 0) is 45.0 Å². The van der Waals surface area contributed by atoms with E-state index in [1.807, 2.05) is 11.2 Å². The van der Waals surface area contributed by atoms with Gasteiger partial charge in [0.1, 0.15) is 11.6 Å². The molecule has 2 saturated heterocycles. The third kappa shape index (κ3) is 4.11. The van der Waals surface area contributed by atoms with Gasteiger partial charge >= 0.3 is 0 Å². The number of hydrogen-bond acceptors (Lipinski definition) is 5. The predicted molar refractivity (Wildman–Crippen MR) is 97.1 cm³/mol. The van der Waals surface area contributed by atoms with Crippen molar-refractivity contribution in [3.8, 4) is 0 Å². The molecule has 134 valence electrons. The first-order chi connectivity index (χ1) is 11.7. The number of hydrogen-bond donors (Lipinski definition) is 0. The average Bonchev–Trinajstić information content (AvgIpc) is 2.97. The zero-order valence-electron chi connectivity index (χ0n) is 14.9. The molecule has 2 fully saturated rings. The van der Waals surface area contributed by atoms with Gasteiger partial charge in [0.05, 0.1) is 12.3 Å². The fourth-order valence-electron chi connectivity index (χ4n) is 3.82.